The van der Waals surface area contributed by atoms with Gasteiger partial charge < -0.3 is 15.0 Å². The summed E-state index contributed by atoms with van der Waals surface area (Å²) in [5, 5.41) is 3.24. The van der Waals surface area contributed by atoms with Gasteiger partial charge in [-0.2, -0.15) is 0 Å². The Hall–Kier alpha value is -1.13. The van der Waals surface area contributed by atoms with E-state index in [1.54, 1.807) is 6.07 Å². The Morgan fingerprint density at radius 3 is 2.89 bits per heavy atom. The van der Waals surface area contributed by atoms with E-state index in [1.165, 1.54) is 12.1 Å². The normalized spacial score (nSPS) is 17.1. The SMILES string of the molecule is CN(CCNc1cccc(F)c1)C1CCOCC1. The van der Waals surface area contributed by atoms with E-state index in [-0.39, 0.29) is 5.82 Å². The summed E-state index contributed by atoms with van der Waals surface area (Å²) in [7, 11) is 2.14. The van der Waals surface area contributed by atoms with Crippen LogP contribution in [0.5, 0.6) is 0 Å². The molecule has 0 aliphatic carbocycles. The van der Waals surface area contributed by atoms with E-state index in [9.17, 15) is 4.39 Å². The van der Waals surface area contributed by atoms with Crippen LogP contribution < -0.4 is 5.32 Å². The number of likely N-dealkylation sites (N-methyl/N-ethyl adjacent to an activating group) is 1. The van der Waals surface area contributed by atoms with E-state index in [1.807, 2.05) is 6.07 Å². The van der Waals surface area contributed by atoms with E-state index in [0.29, 0.717) is 6.04 Å². The third kappa shape index (κ3) is 3.96. The van der Waals surface area contributed by atoms with E-state index in [2.05, 4.69) is 17.3 Å². The Morgan fingerprint density at radius 1 is 1.39 bits per heavy atom. The van der Waals surface area contributed by atoms with Crippen LogP contribution in [0.15, 0.2) is 24.3 Å². The van der Waals surface area contributed by atoms with Crippen molar-refractivity contribution in [2.24, 2.45) is 0 Å². The molecule has 0 atom stereocenters. The minimum absolute atomic E-state index is 0.196. The lowest BCUT2D eigenvalue weighted by Crippen LogP contribution is -2.39. The van der Waals surface area contributed by atoms with Crippen molar-refractivity contribution < 1.29 is 9.13 Å². The average Bonchev–Trinajstić information content (AvgIpc) is 2.40. The van der Waals surface area contributed by atoms with Gasteiger partial charge in [0.2, 0.25) is 0 Å². The number of anilines is 1. The van der Waals surface area contributed by atoms with Gasteiger partial charge in [0, 0.05) is 38.0 Å². The predicted molar refractivity (Wildman–Crippen MR) is 71.4 cm³/mol. The summed E-state index contributed by atoms with van der Waals surface area (Å²) < 4.78 is 18.3. The van der Waals surface area contributed by atoms with E-state index < -0.39 is 0 Å². The van der Waals surface area contributed by atoms with Crippen LogP contribution in [0, 0.1) is 5.82 Å². The molecule has 1 aromatic carbocycles. The number of halogens is 1. The molecular weight excluding hydrogens is 231 g/mol. The van der Waals surface area contributed by atoms with Crippen LogP contribution in [0.2, 0.25) is 0 Å². The maximum absolute atomic E-state index is 13.0. The first-order chi connectivity index (χ1) is 8.75. The first-order valence-corrected chi connectivity index (χ1v) is 6.53. The molecule has 100 valence electrons. The summed E-state index contributed by atoms with van der Waals surface area (Å²) in [6, 6.07) is 7.21. The van der Waals surface area contributed by atoms with Crippen molar-refractivity contribution in [3.05, 3.63) is 30.1 Å². The van der Waals surface area contributed by atoms with E-state index >= 15 is 0 Å². The molecule has 0 unspecified atom stereocenters. The molecule has 0 spiro atoms. The maximum atomic E-state index is 13.0. The first-order valence-electron chi connectivity index (χ1n) is 6.53. The summed E-state index contributed by atoms with van der Waals surface area (Å²) >= 11 is 0. The number of hydrogen-bond acceptors (Lipinski definition) is 3. The van der Waals surface area contributed by atoms with Gasteiger partial charge in [0.1, 0.15) is 5.82 Å². The van der Waals surface area contributed by atoms with E-state index in [4.69, 9.17) is 4.74 Å². The standard InChI is InChI=1S/C14H21FN2O/c1-17(14-5-9-18-10-6-14)8-7-16-13-4-2-3-12(15)11-13/h2-4,11,14,16H,5-10H2,1H3. The number of ether oxygens (including phenoxy) is 1. The molecule has 1 saturated heterocycles. The van der Waals surface area contributed by atoms with Crippen molar-refractivity contribution in [3.8, 4) is 0 Å². The van der Waals surface area contributed by atoms with Gasteiger partial charge in [-0.15, -0.1) is 0 Å². The predicted octanol–water partition coefficient (Wildman–Crippen LogP) is 2.35. The molecule has 18 heavy (non-hydrogen) atoms. The van der Waals surface area contributed by atoms with Gasteiger partial charge in [0.05, 0.1) is 0 Å². The van der Waals surface area contributed by atoms with Gasteiger partial charge >= 0.3 is 0 Å². The Labute approximate surface area is 108 Å². The molecule has 0 radical (unpaired) electrons. The third-order valence-electron chi connectivity index (χ3n) is 3.43. The molecule has 2 rings (SSSR count). The molecule has 0 bridgehead atoms. The molecule has 1 aliphatic heterocycles. The van der Waals surface area contributed by atoms with Crippen molar-refractivity contribution in [1.29, 1.82) is 0 Å². The molecule has 3 nitrogen and oxygen atoms in total. The lowest BCUT2D eigenvalue weighted by atomic mass is 10.1. The summed E-state index contributed by atoms with van der Waals surface area (Å²) in [5.74, 6) is -0.196. The summed E-state index contributed by atoms with van der Waals surface area (Å²) in [4.78, 5) is 2.36. The minimum atomic E-state index is -0.196. The molecular formula is C14H21FN2O. The maximum Gasteiger partial charge on any atom is 0.125 e. The van der Waals surface area contributed by atoms with Gasteiger partial charge in [-0.25, -0.2) is 4.39 Å². The molecule has 1 aromatic rings. The van der Waals surface area contributed by atoms with Crippen molar-refractivity contribution in [1.82, 2.24) is 4.90 Å². The van der Waals surface area contributed by atoms with Gasteiger partial charge in [-0.05, 0) is 38.1 Å². The lowest BCUT2D eigenvalue weighted by molar-refractivity contribution is 0.0443. The van der Waals surface area contributed by atoms with Gasteiger partial charge in [-0.3, -0.25) is 0 Å². The second-order valence-electron chi connectivity index (χ2n) is 4.76. The highest BCUT2D eigenvalue weighted by Gasteiger charge is 2.17. The molecule has 1 N–H and O–H groups in total. The van der Waals surface area contributed by atoms with Gasteiger partial charge in [0.25, 0.3) is 0 Å². The quantitative estimate of drug-likeness (QED) is 0.870. The fourth-order valence-corrected chi connectivity index (χ4v) is 2.28. The topological polar surface area (TPSA) is 24.5 Å². The average molecular weight is 252 g/mol. The molecule has 0 amide bonds. The molecule has 0 saturated carbocycles. The molecule has 1 heterocycles. The van der Waals surface area contributed by atoms with Crippen LogP contribution >= 0.6 is 0 Å². The van der Waals surface area contributed by atoms with Crippen LogP contribution in [0.25, 0.3) is 0 Å². The van der Waals surface area contributed by atoms with Crippen LogP contribution in [0.3, 0.4) is 0 Å². The third-order valence-corrected chi connectivity index (χ3v) is 3.43. The summed E-state index contributed by atoms with van der Waals surface area (Å²) in [6.07, 6.45) is 2.22. The second-order valence-corrected chi connectivity index (χ2v) is 4.76. The number of nitrogens with zero attached hydrogens (tertiary/aromatic N) is 1. The summed E-state index contributed by atoms with van der Waals surface area (Å²) in [6.45, 7) is 3.52. The zero-order chi connectivity index (χ0) is 12.8. The highest BCUT2D eigenvalue weighted by atomic mass is 19.1. The summed E-state index contributed by atoms with van der Waals surface area (Å²) in [5.41, 5.74) is 0.843. The van der Waals surface area contributed by atoms with Crippen molar-refractivity contribution >= 4 is 5.69 Å². The molecule has 1 aliphatic rings. The number of hydrogen-bond donors (Lipinski definition) is 1. The van der Waals surface area contributed by atoms with Gasteiger partial charge in [-0.1, -0.05) is 6.07 Å². The van der Waals surface area contributed by atoms with E-state index in [0.717, 1.165) is 44.8 Å². The van der Waals surface area contributed by atoms with Crippen LogP contribution in [-0.2, 0) is 4.74 Å². The smallest absolute Gasteiger partial charge is 0.125 e. The fraction of sp³-hybridized carbons (Fsp3) is 0.571. The highest BCUT2D eigenvalue weighted by Crippen LogP contribution is 2.13. The number of benzene rings is 1. The lowest BCUT2D eigenvalue weighted by Gasteiger charge is -2.31. The Morgan fingerprint density at radius 2 is 2.17 bits per heavy atom. The zero-order valence-electron chi connectivity index (χ0n) is 10.9. The van der Waals surface area contributed by atoms with Crippen molar-refractivity contribution in [2.45, 2.75) is 18.9 Å². The first kappa shape index (κ1) is 13.3. The second kappa shape index (κ2) is 6.71. The Balaban J connectivity index is 1.71. The number of rotatable bonds is 5. The molecule has 0 aromatic heterocycles. The van der Waals surface area contributed by atoms with Crippen LogP contribution in [0.4, 0.5) is 10.1 Å². The van der Waals surface area contributed by atoms with Crippen LogP contribution in [0.1, 0.15) is 12.8 Å². The largest absolute Gasteiger partial charge is 0.384 e. The zero-order valence-corrected chi connectivity index (χ0v) is 10.9. The van der Waals surface area contributed by atoms with Crippen LogP contribution in [-0.4, -0.2) is 44.3 Å². The molecule has 4 heteroatoms. The highest BCUT2D eigenvalue weighted by molar-refractivity contribution is 5.42. The fourth-order valence-electron chi connectivity index (χ4n) is 2.28. The van der Waals surface area contributed by atoms with Crippen molar-refractivity contribution in [3.63, 3.8) is 0 Å². The van der Waals surface area contributed by atoms with Gasteiger partial charge in [0.15, 0.2) is 0 Å². The molecule has 1 fully saturated rings. The Kier molecular flexibility index (Phi) is 4.96. The van der Waals surface area contributed by atoms with Crippen molar-refractivity contribution in [2.75, 3.05) is 38.7 Å². The number of nitrogens with one attached hydrogen (secondary N) is 1. The minimum Gasteiger partial charge on any atom is -0.384 e. The Bertz CT molecular complexity index is 367. The monoisotopic (exact) mass is 252 g/mol.